The van der Waals surface area contributed by atoms with Crippen LogP contribution in [0.1, 0.15) is 93.1 Å². The molecule has 6 heteroatoms. The van der Waals surface area contributed by atoms with Crippen molar-refractivity contribution < 1.29 is 31.5 Å². The van der Waals surface area contributed by atoms with Gasteiger partial charge in [-0.15, -0.1) is 0 Å². The standard InChI is InChI=1S/C16H20N.2C15H18N.3C14H16N/c1-11-8-6-7-9-15(11)16-14(4)13(3)12(2)10-17(16)5;1-11-9-13(3)15(16(4)10-11)14-8-6-5-7-12(14)2;1-11-7-5-6-8-14(11)15-9-12(2)13(3)10-16(15)4;2*1-11-8-9-15(3)14(10-11)13-7-5-4-6-12(13)2;1-11-8-9-14(15(3)10-11)13-7-5-4-6-12(13)2/h6-10H,1-5H3;2*5-10H,1-4H3;3*4-10H,1-3H3/q6*+1/i;;;;;1D3. The molecule has 0 saturated carbocycles. The third-order valence-corrected chi connectivity index (χ3v) is 17.8. The molecule has 0 N–H and O–H groups in total. The second-order valence-electron chi connectivity index (χ2n) is 25.5. The van der Waals surface area contributed by atoms with Gasteiger partial charge in [-0.05, 0) is 215 Å². The van der Waals surface area contributed by atoms with Gasteiger partial charge in [0.25, 0.3) is 0 Å². The molecule has 6 aromatic carbocycles. The summed E-state index contributed by atoms with van der Waals surface area (Å²) in [5.74, 6) is 0. The minimum atomic E-state index is -2.05. The molecule has 0 unspecified atom stereocenters. The predicted molar refractivity (Wildman–Crippen MR) is 394 cm³/mol. The normalized spacial score (nSPS) is 11.1. The van der Waals surface area contributed by atoms with Crippen LogP contribution in [0.4, 0.5) is 0 Å². The van der Waals surface area contributed by atoms with Gasteiger partial charge in [-0.1, -0.05) is 109 Å². The maximum Gasteiger partial charge on any atom is 0.215 e. The van der Waals surface area contributed by atoms with Gasteiger partial charge in [0.1, 0.15) is 42.3 Å². The van der Waals surface area contributed by atoms with E-state index in [1.54, 1.807) is 12.3 Å². The van der Waals surface area contributed by atoms with Crippen LogP contribution in [0, 0.1) is 111 Å². The molecule has 0 saturated heterocycles. The molecule has 0 atom stereocenters. The fraction of sp³-hybridized carbons (Fsp3) is 0.250. The second kappa shape index (κ2) is 33.2. The summed E-state index contributed by atoms with van der Waals surface area (Å²) in [6.45, 7) is 30.2. The van der Waals surface area contributed by atoms with Gasteiger partial charge in [0.15, 0.2) is 37.2 Å². The van der Waals surface area contributed by atoms with Crippen molar-refractivity contribution in [2.24, 2.45) is 42.3 Å². The quantitative estimate of drug-likeness (QED) is 0.148. The van der Waals surface area contributed by atoms with Gasteiger partial charge in [-0.3, -0.25) is 0 Å². The first-order valence-corrected chi connectivity index (χ1v) is 32.7. The maximum absolute atomic E-state index is 7.41. The van der Waals surface area contributed by atoms with Crippen LogP contribution in [0.25, 0.3) is 67.5 Å². The number of hydrogen-bond acceptors (Lipinski definition) is 0. The third kappa shape index (κ3) is 18.5. The Morgan fingerprint density at radius 3 is 0.957 bits per heavy atom. The highest BCUT2D eigenvalue weighted by atomic mass is 14.9. The number of benzene rings is 6. The van der Waals surface area contributed by atoms with Crippen molar-refractivity contribution in [2.45, 2.75) is 111 Å². The molecular formula is C88H104N6+6. The number of aromatic nitrogens is 6. The van der Waals surface area contributed by atoms with E-state index >= 15 is 0 Å². The van der Waals surface area contributed by atoms with E-state index in [1.807, 2.05) is 48.9 Å². The Kier molecular flexibility index (Phi) is 23.7. The summed E-state index contributed by atoms with van der Waals surface area (Å²) in [4.78, 5) is 0. The van der Waals surface area contributed by atoms with E-state index in [9.17, 15) is 0 Å². The van der Waals surface area contributed by atoms with Crippen LogP contribution < -0.4 is 27.4 Å². The molecule has 0 spiro atoms. The first kappa shape index (κ1) is 67.1. The fourth-order valence-corrected chi connectivity index (χ4v) is 12.1. The lowest BCUT2D eigenvalue weighted by Crippen LogP contribution is -2.33. The molecule has 0 aliphatic carbocycles. The van der Waals surface area contributed by atoms with Gasteiger partial charge in [0.05, 0.1) is 0 Å². The zero-order valence-corrected chi connectivity index (χ0v) is 60.1. The molecule has 0 amide bonds. The van der Waals surface area contributed by atoms with E-state index in [0.29, 0.717) is 5.56 Å². The molecule has 0 aliphatic rings. The summed E-state index contributed by atoms with van der Waals surface area (Å²) in [5, 5.41) is 0. The van der Waals surface area contributed by atoms with Gasteiger partial charge in [0.2, 0.25) is 34.2 Å². The van der Waals surface area contributed by atoms with Crippen LogP contribution in [0.2, 0.25) is 0 Å². The lowest BCUT2D eigenvalue weighted by molar-refractivity contribution is -0.661. The Morgan fingerprint density at radius 1 is 0.223 bits per heavy atom. The Labute approximate surface area is 569 Å². The third-order valence-electron chi connectivity index (χ3n) is 17.8. The van der Waals surface area contributed by atoms with E-state index in [4.69, 9.17) is 4.11 Å². The average molecular weight is 1250 g/mol. The molecule has 6 heterocycles. The molecule has 6 aromatic heterocycles. The second-order valence-corrected chi connectivity index (χ2v) is 25.5. The molecule has 0 fully saturated rings. The fourth-order valence-electron chi connectivity index (χ4n) is 12.1. The van der Waals surface area contributed by atoms with Gasteiger partial charge < -0.3 is 0 Å². The zero-order valence-electron chi connectivity index (χ0n) is 63.1. The predicted octanol–water partition coefficient (Wildman–Crippen LogP) is 18.0. The SMILES string of the molecule is Cc1cc(-c2ccccc2C)[n+](C)cc1C.Cc1cc(C)c(-c2ccccc2C)[n+](C)c1.Cc1cc[n+](C)c(-c2ccccc2C)c1.Cc1cc[n+](C)c(-c2ccccc2C)c1.Cc1ccccc1-c1c(C)c(C)c(C)c[n+]1C.[2H]C([2H])([2H])c1ccc(-c2ccccc2C)[n+](C)c1. The summed E-state index contributed by atoms with van der Waals surface area (Å²) in [6.07, 6.45) is 12.5. The largest absolute Gasteiger partial charge is 0.215 e. The summed E-state index contributed by atoms with van der Waals surface area (Å²) in [5.41, 5.74) is 35.3. The van der Waals surface area contributed by atoms with Gasteiger partial charge in [0, 0.05) is 107 Å². The van der Waals surface area contributed by atoms with Crippen molar-refractivity contribution in [3.8, 4) is 67.5 Å². The first-order chi connectivity index (χ1) is 46.0. The van der Waals surface area contributed by atoms with Crippen molar-refractivity contribution in [1.82, 2.24) is 0 Å². The summed E-state index contributed by atoms with van der Waals surface area (Å²) in [7, 11) is 12.4. The number of rotatable bonds is 6. The number of nitrogens with zero attached hydrogens (tertiary/aromatic N) is 6. The van der Waals surface area contributed by atoms with Gasteiger partial charge in [-0.25, -0.2) is 27.4 Å². The summed E-state index contributed by atoms with van der Waals surface area (Å²) in [6, 6.07) is 67.4. The minimum Gasteiger partial charge on any atom is -0.201 e. The summed E-state index contributed by atoms with van der Waals surface area (Å²) >= 11 is 0. The number of aryl methyl sites for hydroxylation is 20. The lowest BCUT2D eigenvalue weighted by Gasteiger charge is -2.10. The first-order valence-electron chi connectivity index (χ1n) is 34.2. The van der Waals surface area contributed by atoms with Gasteiger partial charge >= 0.3 is 0 Å². The molecule has 94 heavy (non-hydrogen) atoms. The molecule has 0 aliphatic heterocycles. The van der Waals surface area contributed by atoms with Crippen molar-refractivity contribution in [3.05, 3.63) is 320 Å². The zero-order chi connectivity index (χ0) is 71.0. The van der Waals surface area contributed by atoms with Crippen molar-refractivity contribution in [3.63, 3.8) is 0 Å². The molecule has 12 aromatic rings. The number of hydrogen-bond donors (Lipinski definition) is 0. The highest BCUT2D eigenvalue weighted by Gasteiger charge is 2.20. The lowest BCUT2D eigenvalue weighted by atomic mass is 9.97. The molecule has 12 rings (SSSR count). The molecule has 480 valence electrons. The monoisotopic (exact) mass is 1250 g/mol. The summed E-state index contributed by atoms with van der Waals surface area (Å²) < 4.78 is 35.1. The van der Waals surface area contributed by atoms with Crippen molar-refractivity contribution >= 4 is 0 Å². The van der Waals surface area contributed by atoms with E-state index < -0.39 is 6.85 Å². The Hall–Kier alpha value is -9.78. The average Bonchev–Trinajstić information content (AvgIpc) is 0.804. The van der Waals surface area contributed by atoms with Crippen LogP contribution in [0.15, 0.2) is 231 Å². The van der Waals surface area contributed by atoms with Crippen LogP contribution in [0.3, 0.4) is 0 Å². The highest BCUT2D eigenvalue weighted by molar-refractivity contribution is 5.67. The van der Waals surface area contributed by atoms with Crippen molar-refractivity contribution in [2.75, 3.05) is 0 Å². The molecular weight excluding hydrogens is 1140 g/mol. The van der Waals surface area contributed by atoms with Crippen LogP contribution in [-0.2, 0) is 42.3 Å². The molecule has 0 bridgehead atoms. The highest BCUT2D eigenvalue weighted by Crippen LogP contribution is 2.28. The van der Waals surface area contributed by atoms with Gasteiger partial charge in [-0.2, -0.15) is 0 Å². The van der Waals surface area contributed by atoms with Crippen LogP contribution in [0.5, 0.6) is 0 Å². The molecule has 6 nitrogen and oxygen atoms in total. The van der Waals surface area contributed by atoms with E-state index in [-0.39, 0.29) is 0 Å². The van der Waals surface area contributed by atoms with Crippen LogP contribution >= 0.6 is 0 Å². The topological polar surface area (TPSA) is 23.3 Å². The Balaban J connectivity index is 0.000000164. The maximum atomic E-state index is 7.41. The molecule has 0 radical (unpaired) electrons. The smallest absolute Gasteiger partial charge is 0.201 e. The Bertz CT molecular complexity index is 4590. The van der Waals surface area contributed by atoms with Crippen molar-refractivity contribution in [1.29, 1.82) is 0 Å². The van der Waals surface area contributed by atoms with E-state index in [1.165, 1.54) is 140 Å². The minimum absolute atomic E-state index is 0.363. The Morgan fingerprint density at radius 2 is 0.564 bits per heavy atom. The number of pyridine rings is 6. The van der Waals surface area contributed by atoms with E-state index in [2.05, 4.69) is 344 Å². The van der Waals surface area contributed by atoms with E-state index in [0.717, 1.165) is 11.3 Å². The van der Waals surface area contributed by atoms with Crippen LogP contribution in [-0.4, -0.2) is 0 Å².